The first-order chi connectivity index (χ1) is 6.81. The average Bonchev–Trinajstić information content (AvgIpc) is 2.17. The van der Waals surface area contributed by atoms with E-state index in [0.717, 1.165) is 12.8 Å². The summed E-state index contributed by atoms with van der Waals surface area (Å²) >= 11 is 0. The SMILES string of the molecule is CCC/C=C/C=C\C=C\C(=O)OCC. The van der Waals surface area contributed by atoms with Gasteiger partial charge in [-0.1, -0.05) is 43.7 Å². The number of hydrogen-bond acceptors (Lipinski definition) is 2. The lowest BCUT2D eigenvalue weighted by Crippen LogP contribution is -1.98. The van der Waals surface area contributed by atoms with Crippen LogP contribution in [0.15, 0.2) is 36.5 Å². The van der Waals surface area contributed by atoms with E-state index in [1.165, 1.54) is 6.08 Å². The lowest BCUT2D eigenvalue weighted by atomic mass is 10.3. The van der Waals surface area contributed by atoms with E-state index in [2.05, 4.69) is 13.0 Å². The minimum Gasteiger partial charge on any atom is -0.463 e. The lowest BCUT2D eigenvalue weighted by Gasteiger charge is -1.92. The molecule has 0 aromatic carbocycles. The maximum absolute atomic E-state index is 10.8. The minimum atomic E-state index is -0.297. The molecule has 0 saturated carbocycles. The predicted octanol–water partition coefficient (Wildman–Crippen LogP) is 3.02. The van der Waals surface area contributed by atoms with Gasteiger partial charge in [-0.25, -0.2) is 4.79 Å². The number of ether oxygens (including phenoxy) is 1. The fraction of sp³-hybridized carbons (Fsp3) is 0.417. The Bertz CT molecular complexity index is 224. The molecule has 0 aromatic heterocycles. The van der Waals surface area contributed by atoms with Crippen molar-refractivity contribution in [2.24, 2.45) is 0 Å². The number of carbonyl (C=O) groups is 1. The zero-order chi connectivity index (χ0) is 10.6. The van der Waals surface area contributed by atoms with Crippen molar-refractivity contribution < 1.29 is 9.53 Å². The smallest absolute Gasteiger partial charge is 0.330 e. The summed E-state index contributed by atoms with van der Waals surface area (Å²) in [5, 5.41) is 0. The molecule has 2 nitrogen and oxygen atoms in total. The molecule has 0 rings (SSSR count). The summed E-state index contributed by atoms with van der Waals surface area (Å²) < 4.78 is 4.71. The van der Waals surface area contributed by atoms with Gasteiger partial charge in [0.25, 0.3) is 0 Å². The van der Waals surface area contributed by atoms with Crippen LogP contribution in [-0.4, -0.2) is 12.6 Å². The molecular weight excluding hydrogens is 176 g/mol. The first kappa shape index (κ1) is 12.7. The summed E-state index contributed by atoms with van der Waals surface area (Å²) in [6.45, 7) is 4.34. The molecule has 78 valence electrons. The number of allylic oxidation sites excluding steroid dienone is 5. The van der Waals surface area contributed by atoms with Crippen LogP contribution in [0.4, 0.5) is 0 Å². The largest absolute Gasteiger partial charge is 0.463 e. The number of carbonyl (C=O) groups excluding carboxylic acids is 1. The van der Waals surface area contributed by atoms with Crippen LogP contribution >= 0.6 is 0 Å². The van der Waals surface area contributed by atoms with Crippen molar-refractivity contribution in [2.45, 2.75) is 26.7 Å². The van der Waals surface area contributed by atoms with Gasteiger partial charge in [0.1, 0.15) is 0 Å². The summed E-state index contributed by atoms with van der Waals surface area (Å²) in [7, 11) is 0. The van der Waals surface area contributed by atoms with Crippen molar-refractivity contribution in [1.29, 1.82) is 0 Å². The van der Waals surface area contributed by atoms with Gasteiger partial charge in [0.15, 0.2) is 0 Å². The maximum atomic E-state index is 10.8. The lowest BCUT2D eigenvalue weighted by molar-refractivity contribution is -0.137. The molecular formula is C12H18O2. The zero-order valence-corrected chi connectivity index (χ0v) is 8.90. The van der Waals surface area contributed by atoms with E-state index < -0.39 is 0 Å². The van der Waals surface area contributed by atoms with Gasteiger partial charge < -0.3 is 4.74 Å². The van der Waals surface area contributed by atoms with Crippen molar-refractivity contribution in [3.63, 3.8) is 0 Å². The monoisotopic (exact) mass is 194 g/mol. The topological polar surface area (TPSA) is 26.3 Å². The zero-order valence-electron chi connectivity index (χ0n) is 8.90. The quantitative estimate of drug-likeness (QED) is 0.369. The maximum Gasteiger partial charge on any atom is 0.330 e. The van der Waals surface area contributed by atoms with Gasteiger partial charge in [0.2, 0.25) is 0 Å². The van der Waals surface area contributed by atoms with Crippen molar-refractivity contribution in [3.8, 4) is 0 Å². The highest BCUT2D eigenvalue weighted by Crippen LogP contribution is 1.89. The van der Waals surface area contributed by atoms with Gasteiger partial charge in [0, 0.05) is 6.08 Å². The first-order valence-electron chi connectivity index (χ1n) is 4.97. The fourth-order valence-electron chi connectivity index (χ4n) is 0.794. The fourth-order valence-corrected chi connectivity index (χ4v) is 0.794. The van der Waals surface area contributed by atoms with E-state index in [4.69, 9.17) is 4.74 Å². The second-order valence-electron chi connectivity index (χ2n) is 2.71. The molecule has 0 amide bonds. The van der Waals surface area contributed by atoms with Crippen LogP contribution in [-0.2, 0) is 9.53 Å². The van der Waals surface area contributed by atoms with E-state index in [-0.39, 0.29) is 5.97 Å². The molecule has 0 N–H and O–H groups in total. The Morgan fingerprint density at radius 3 is 2.50 bits per heavy atom. The molecule has 0 aliphatic heterocycles. The molecule has 0 heterocycles. The van der Waals surface area contributed by atoms with Crippen LogP contribution in [0.3, 0.4) is 0 Å². The summed E-state index contributed by atoms with van der Waals surface area (Å²) in [4.78, 5) is 10.8. The van der Waals surface area contributed by atoms with E-state index in [0.29, 0.717) is 6.61 Å². The molecule has 0 radical (unpaired) electrons. The Morgan fingerprint density at radius 1 is 1.14 bits per heavy atom. The van der Waals surface area contributed by atoms with Crippen molar-refractivity contribution in [3.05, 3.63) is 36.5 Å². The summed E-state index contributed by atoms with van der Waals surface area (Å²) in [6, 6.07) is 0. The van der Waals surface area contributed by atoms with E-state index in [1.807, 2.05) is 18.2 Å². The van der Waals surface area contributed by atoms with Crippen molar-refractivity contribution >= 4 is 5.97 Å². The predicted molar refractivity (Wildman–Crippen MR) is 59.0 cm³/mol. The Labute approximate surface area is 86.0 Å². The second-order valence-corrected chi connectivity index (χ2v) is 2.71. The first-order valence-corrected chi connectivity index (χ1v) is 4.97. The number of rotatable bonds is 6. The van der Waals surface area contributed by atoms with Crippen LogP contribution in [0.2, 0.25) is 0 Å². The second kappa shape index (κ2) is 9.78. The van der Waals surface area contributed by atoms with Crippen molar-refractivity contribution in [2.75, 3.05) is 6.61 Å². The molecule has 0 aromatic rings. The molecule has 0 bridgehead atoms. The van der Waals surface area contributed by atoms with Crippen LogP contribution in [0.5, 0.6) is 0 Å². The van der Waals surface area contributed by atoms with Gasteiger partial charge in [-0.3, -0.25) is 0 Å². The Kier molecular flexibility index (Phi) is 8.86. The highest BCUT2D eigenvalue weighted by Gasteiger charge is 1.89. The molecule has 0 aliphatic rings. The Balaban J connectivity index is 3.64. The molecule has 0 fully saturated rings. The van der Waals surface area contributed by atoms with E-state index in [9.17, 15) is 4.79 Å². The molecule has 0 aliphatic carbocycles. The average molecular weight is 194 g/mol. The Morgan fingerprint density at radius 2 is 1.86 bits per heavy atom. The Hall–Kier alpha value is -1.31. The molecule has 0 unspecified atom stereocenters. The highest BCUT2D eigenvalue weighted by molar-refractivity contribution is 5.82. The van der Waals surface area contributed by atoms with Gasteiger partial charge in [0.05, 0.1) is 6.61 Å². The van der Waals surface area contributed by atoms with Crippen LogP contribution in [0.25, 0.3) is 0 Å². The van der Waals surface area contributed by atoms with E-state index >= 15 is 0 Å². The van der Waals surface area contributed by atoms with Crippen LogP contribution in [0.1, 0.15) is 26.7 Å². The number of hydrogen-bond donors (Lipinski definition) is 0. The summed E-state index contributed by atoms with van der Waals surface area (Å²) in [6.07, 6.45) is 13.1. The third kappa shape index (κ3) is 8.78. The molecule has 0 saturated heterocycles. The van der Waals surface area contributed by atoms with Crippen LogP contribution in [0, 0.1) is 0 Å². The van der Waals surface area contributed by atoms with Crippen molar-refractivity contribution in [1.82, 2.24) is 0 Å². The summed E-state index contributed by atoms with van der Waals surface area (Å²) in [5.74, 6) is -0.297. The summed E-state index contributed by atoms with van der Waals surface area (Å²) in [5.41, 5.74) is 0. The van der Waals surface area contributed by atoms with E-state index in [1.54, 1.807) is 13.0 Å². The van der Waals surface area contributed by atoms with Gasteiger partial charge in [-0.05, 0) is 13.3 Å². The minimum absolute atomic E-state index is 0.297. The van der Waals surface area contributed by atoms with Gasteiger partial charge in [-0.15, -0.1) is 0 Å². The standard InChI is InChI=1S/C12H18O2/c1-3-5-6-7-8-9-10-11-12(13)14-4-2/h6-11H,3-5H2,1-2H3/b7-6+,9-8-,11-10+. The normalized spacial score (nSPS) is 11.9. The molecule has 0 spiro atoms. The number of esters is 1. The van der Waals surface area contributed by atoms with Crippen LogP contribution < -0.4 is 0 Å². The third-order valence-electron chi connectivity index (χ3n) is 1.44. The molecule has 2 heteroatoms. The number of unbranched alkanes of at least 4 members (excludes halogenated alkanes) is 1. The van der Waals surface area contributed by atoms with Gasteiger partial charge >= 0.3 is 5.97 Å². The highest BCUT2D eigenvalue weighted by atomic mass is 16.5. The molecule has 0 atom stereocenters. The van der Waals surface area contributed by atoms with Gasteiger partial charge in [-0.2, -0.15) is 0 Å². The third-order valence-corrected chi connectivity index (χ3v) is 1.44. The molecule has 14 heavy (non-hydrogen) atoms.